The van der Waals surface area contributed by atoms with E-state index in [0.29, 0.717) is 17.8 Å². The quantitative estimate of drug-likeness (QED) is 0.806. The van der Waals surface area contributed by atoms with E-state index in [4.69, 9.17) is 0 Å². The molecular formula is C12H14N4O. The molecule has 0 amide bonds. The van der Waals surface area contributed by atoms with E-state index in [0.717, 1.165) is 12.1 Å². The molecule has 0 aliphatic heterocycles. The van der Waals surface area contributed by atoms with Gasteiger partial charge in [-0.1, -0.05) is 0 Å². The maximum Gasteiger partial charge on any atom is 0.254 e. The molecule has 5 heteroatoms. The lowest BCUT2D eigenvalue weighted by molar-refractivity contribution is 0.781. The van der Waals surface area contributed by atoms with Crippen molar-refractivity contribution >= 4 is 0 Å². The SMILES string of the molecule is CNCCc1cnc(-c2ccncc2)[nH]c1=O. The minimum absolute atomic E-state index is 0.0814. The average Bonchev–Trinajstić information content (AvgIpc) is 2.38. The van der Waals surface area contributed by atoms with Gasteiger partial charge in [0.1, 0.15) is 5.82 Å². The molecule has 2 rings (SSSR count). The number of hydrogen-bond acceptors (Lipinski definition) is 4. The van der Waals surface area contributed by atoms with Crippen LogP contribution in [0.2, 0.25) is 0 Å². The topological polar surface area (TPSA) is 70.7 Å². The van der Waals surface area contributed by atoms with Crippen LogP contribution in [0.15, 0.2) is 35.5 Å². The molecule has 2 N–H and O–H groups in total. The van der Waals surface area contributed by atoms with Crippen LogP contribution in [0.3, 0.4) is 0 Å². The Balaban J connectivity index is 2.28. The Labute approximate surface area is 99.0 Å². The number of rotatable bonds is 4. The molecule has 88 valence electrons. The lowest BCUT2D eigenvalue weighted by Crippen LogP contribution is -2.19. The van der Waals surface area contributed by atoms with Crippen molar-refractivity contribution in [3.8, 4) is 11.4 Å². The van der Waals surface area contributed by atoms with Crippen molar-refractivity contribution in [3.05, 3.63) is 46.6 Å². The smallest absolute Gasteiger partial charge is 0.254 e. The summed E-state index contributed by atoms with van der Waals surface area (Å²) >= 11 is 0. The van der Waals surface area contributed by atoms with Gasteiger partial charge < -0.3 is 10.3 Å². The second-order valence-electron chi connectivity index (χ2n) is 3.68. The van der Waals surface area contributed by atoms with Crippen LogP contribution >= 0.6 is 0 Å². The van der Waals surface area contributed by atoms with Crippen molar-refractivity contribution < 1.29 is 0 Å². The van der Waals surface area contributed by atoms with Gasteiger partial charge in [0.05, 0.1) is 0 Å². The molecule has 17 heavy (non-hydrogen) atoms. The highest BCUT2D eigenvalue weighted by Gasteiger charge is 2.03. The van der Waals surface area contributed by atoms with Crippen LogP contribution in [0, 0.1) is 0 Å². The maximum absolute atomic E-state index is 11.8. The zero-order chi connectivity index (χ0) is 12.1. The lowest BCUT2D eigenvalue weighted by Gasteiger charge is -2.02. The number of nitrogens with zero attached hydrogens (tertiary/aromatic N) is 2. The molecule has 0 saturated carbocycles. The van der Waals surface area contributed by atoms with E-state index in [9.17, 15) is 4.79 Å². The van der Waals surface area contributed by atoms with Gasteiger partial charge in [-0.2, -0.15) is 0 Å². The first-order chi connectivity index (χ1) is 8.31. The number of nitrogens with one attached hydrogen (secondary N) is 2. The first-order valence-corrected chi connectivity index (χ1v) is 5.44. The number of aromatic amines is 1. The second kappa shape index (κ2) is 5.36. The molecule has 2 heterocycles. The van der Waals surface area contributed by atoms with Gasteiger partial charge >= 0.3 is 0 Å². The van der Waals surface area contributed by atoms with Gasteiger partial charge in [0.2, 0.25) is 0 Å². The Kier molecular flexibility index (Phi) is 3.62. The summed E-state index contributed by atoms with van der Waals surface area (Å²) in [5.74, 6) is 0.575. The molecule has 5 nitrogen and oxygen atoms in total. The standard InChI is InChI=1S/C12H14N4O/c1-13-5-2-10-8-15-11(16-12(10)17)9-3-6-14-7-4-9/h3-4,6-8,13H,2,5H2,1H3,(H,15,16,17). The summed E-state index contributed by atoms with van der Waals surface area (Å²) < 4.78 is 0. The van der Waals surface area contributed by atoms with Gasteiger partial charge in [-0.3, -0.25) is 9.78 Å². The largest absolute Gasteiger partial charge is 0.319 e. The lowest BCUT2D eigenvalue weighted by atomic mass is 10.2. The fourth-order valence-electron chi connectivity index (χ4n) is 1.52. The van der Waals surface area contributed by atoms with Crippen LogP contribution in [-0.4, -0.2) is 28.5 Å². The third kappa shape index (κ3) is 2.76. The molecule has 0 unspecified atom stereocenters. The number of H-pyrrole nitrogens is 1. The fraction of sp³-hybridized carbons (Fsp3) is 0.250. The number of hydrogen-bond donors (Lipinski definition) is 2. The molecule has 0 aliphatic rings. The number of likely N-dealkylation sites (N-methyl/N-ethyl adjacent to an activating group) is 1. The van der Waals surface area contributed by atoms with Crippen LogP contribution in [0.5, 0.6) is 0 Å². The molecule has 2 aromatic heterocycles. The predicted octanol–water partition coefficient (Wildman–Crippen LogP) is 0.594. The minimum atomic E-state index is -0.0814. The molecule has 0 radical (unpaired) electrons. The first-order valence-electron chi connectivity index (χ1n) is 5.44. The van der Waals surface area contributed by atoms with Crippen LogP contribution in [-0.2, 0) is 6.42 Å². The van der Waals surface area contributed by atoms with Crippen LogP contribution < -0.4 is 10.9 Å². The van der Waals surface area contributed by atoms with E-state index < -0.39 is 0 Å². The molecule has 0 saturated heterocycles. The normalized spacial score (nSPS) is 10.4. The van der Waals surface area contributed by atoms with Gasteiger partial charge in [-0.25, -0.2) is 4.98 Å². The van der Waals surface area contributed by atoms with E-state index >= 15 is 0 Å². The van der Waals surface area contributed by atoms with E-state index in [2.05, 4.69) is 20.3 Å². The molecular weight excluding hydrogens is 216 g/mol. The van der Waals surface area contributed by atoms with Gasteiger partial charge in [0.25, 0.3) is 5.56 Å². The monoisotopic (exact) mass is 230 g/mol. The molecule has 0 aromatic carbocycles. The van der Waals surface area contributed by atoms with Crippen LogP contribution in [0.4, 0.5) is 0 Å². The summed E-state index contributed by atoms with van der Waals surface area (Å²) in [5, 5.41) is 3.00. The van der Waals surface area contributed by atoms with Gasteiger partial charge in [0.15, 0.2) is 0 Å². The van der Waals surface area contributed by atoms with Crippen molar-refractivity contribution in [3.63, 3.8) is 0 Å². The maximum atomic E-state index is 11.8. The molecule has 2 aromatic rings. The van der Waals surface area contributed by atoms with Gasteiger partial charge in [-0.05, 0) is 32.1 Å². The molecule has 0 bridgehead atoms. The molecule has 0 atom stereocenters. The zero-order valence-corrected chi connectivity index (χ0v) is 9.60. The van der Waals surface area contributed by atoms with Gasteiger partial charge in [0, 0.05) is 29.7 Å². The third-order valence-corrected chi connectivity index (χ3v) is 2.47. The fourth-order valence-corrected chi connectivity index (χ4v) is 1.52. The Morgan fingerprint density at radius 2 is 2.12 bits per heavy atom. The summed E-state index contributed by atoms with van der Waals surface area (Å²) in [7, 11) is 1.85. The van der Waals surface area contributed by atoms with Crippen molar-refractivity contribution in [2.45, 2.75) is 6.42 Å². The molecule has 0 fully saturated rings. The minimum Gasteiger partial charge on any atom is -0.319 e. The predicted molar refractivity (Wildman–Crippen MR) is 65.7 cm³/mol. The highest BCUT2D eigenvalue weighted by molar-refractivity contribution is 5.53. The van der Waals surface area contributed by atoms with Crippen LogP contribution in [0.1, 0.15) is 5.56 Å². The number of pyridine rings is 1. The third-order valence-electron chi connectivity index (χ3n) is 2.47. The Morgan fingerprint density at radius 1 is 1.35 bits per heavy atom. The van der Waals surface area contributed by atoms with Gasteiger partial charge in [-0.15, -0.1) is 0 Å². The Morgan fingerprint density at radius 3 is 2.76 bits per heavy atom. The summed E-state index contributed by atoms with van der Waals surface area (Å²) in [5.41, 5.74) is 1.47. The van der Waals surface area contributed by atoms with Crippen molar-refractivity contribution in [2.75, 3.05) is 13.6 Å². The highest BCUT2D eigenvalue weighted by atomic mass is 16.1. The number of aromatic nitrogens is 3. The van der Waals surface area contributed by atoms with E-state index in [1.165, 1.54) is 0 Å². The Bertz CT molecular complexity index is 536. The van der Waals surface area contributed by atoms with E-state index in [-0.39, 0.29) is 5.56 Å². The molecule has 0 spiro atoms. The Hall–Kier alpha value is -2.01. The second-order valence-corrected chi connectivity index (χ2v) is 3.68. The summed E-state index contributed by atoms with van der Waals surface area (Å²) in [6.45, 7) is 0.763. The van der Waals surface area contributed by atoms with E-state index in [1.807, 2.05) is 19.2 Å². The van der Waals surface area contributed by atoms with Crippen molar-refractivity contribution in [1.82, 2.24) is 20.3 Å². The first kappa shape index (κ1) is 11.5. The molecule has 0 aliphatic carbocycles. The van der Waals surface area contributed by atoms with Crippen LogP contribution in [0.25, 0.3) is 11.4 Å². The highest BCUT2D eigenvalue weighted by Crippen LogP contribution is 2.10. The summed E-state index contributed by atoms with van der Waals surface area (Å²) in [6.07, 6.45) is 5.65. The van der Waals surface area contributed by atoms with Crippen molar-refractivity contribution in [2.24, 2.45) is 0 Å². The zero-order valence-electron chi connectivity index (χ0n) is 9.60. The average molecular weight is 230 g/mol. The summed E-state index contributed by atoms with van der Waals surface area (Å²) in [4.78, 5) is 22.7. The van der Waals surface area contributed by atoms with Crippen molar-refractivity contribution in [1.29, 1.82) is 0 Å². The summed E-state index contributed by atoms with van der Waals surface area (Å²) in [6, 6.07) is 3.62. The van der Waals surface area contributed by atoms with E-state index in [1.54, 1.807) is 18.6 Å².